The number of carbonyl (C=O) groups is 1. The van der Waals surface area contributed by atoms with Gasteiger partial charge < -0.3 is 20.1 Å². The van der Waals surface area contributed by atoms with Gasteiger partial charge in [0.2, 0.25) is 0 Å². The third-order valence-corrected chi connectivity index (χ3v) is 7.77. The van der Waals surface area contributed by atoms with Crippen molar-refractivity contribution in [2.24, 2.45) is 5.73 Å². The van der Waals surface area contributed by atoms with Crippen molar-refractivity contribution in [2.45, 2.75) is 44.4 Å². The standard InChI is InChI=1S/C28H25F2N5O3/c1-13-16(11-21-25(32-13)28(2,31)12-37-21)14-7-8-35-18(9-14)23-17-10-19(24(23)33-35)34(3)26(36)15-5-4-6-20(22(15)17)38-27(29)30/h4-9,11,17,19,27H,10,12,31H2,1-3H3/t17-,19-,28+/m1/s1/i3D3. The van der Waals surface area contributed by atoms with Crippen LogP contribution >= 0.6 is 0 Å². The summed E-state index contributed by atoms with van der Waals surface area (Å²) in [6.07, 6.45) is 1.92. The first kappa shape index (κ1) is 20.0. The van der Waals surface area contributed by atoms with Crippen molar-refractivity contribution in [3.8, 4) is 22.6 Å². The van der Waals surface area contributed by atoms with Crippen LogP contribution in [0, 0.1) is 6.92 Å². The number of aromatic nitrogens is 3. The predicted molar refractivity (Wildman–Crippen MR) is 135 cm³/mol. The molecular formula is C28H25F2N5O3. The molecule has 1 aromatic carbocycles. The van der Waals surface area contributed by atoms with Gasteiger partial charge in [0.05, 0.1) is 22.8 Å². The Morgan fingerprint density at radius 2 is 2.11 bits per heavy atom. The lowest BCUT2D eigenvalue weighted by Crippen LogP contribution is -2.35. The zero-order chi connectivity index (χ0) is 29.0. The van der Waals surface area contributed by atoms with E-state index >= 15 is 0 Å². The molecule has 7 rings (SSSR count). The Bertz CT molecular complexity index is 1770. The molecule has 0 spiro atoms. The van der Waals surface area contributed by atoms with E-state index in [0.29, 0.717) is 34.8 Å². The lowest BCUT2D eigenvalue weighted by Gasteiger charge is -2.23. The summed E-state index contributed by atoms with van der Waals surface area (Å²) >= 11 is 0. The van der Waals surface area contributed by atoms with Gasteiger partial charge in [-0.3, -0.25) is 9.78 Å². The van der Waals surface area contributed by atoms with E-state index in [0.717, 1.165) is 21.7 Å². The average Bonchev–Trinajstić information content (AvgIpc) is 3.49. The molecule has 1 aliphatic carbocycles. The Kier molecular flexibility index (Phi) is 4.07. The number of nitrogens with zero attached hydrogens (tertiary/aromatic N) is 4. The summed E-state index contributed by atoms with van der Waals surface area (Å²) in [5, 5.41) is 4.70. The Morgan fingerprint density at radius 3 is 2.89 bits per heavy atom. The quantitative estimate of drug-likeness (QED) is 0.426. The zero-order valence-corrected chi connectivity index (χ0v) is 20.5. The molecular weight excluding hydrogens is 492 g/mol. The SMILES string of the molecule is [2H]C([2H])([2H])N1C(=O)c2cccc(OC(F)F)c2[C@H]2C[C@@H]1c1nn3ccc(-c4cc5c(nc4C)[C@@](C)(N)CO5)cc3c12. The van der Waals surface area contributed by atoms with E-state index in [4.69, 9.17) is 29.4 Å². The molecule has 2 aliphatic heterocycles. The normalized spacial score (nSPS) is 24.8. The molecule has 10 heteroatoms. The van der Waals surface area contributed by atoms with Gasteiger partial charge in [-0.05, 0) is 56.2 Å². The van der Waals surface area contributed by atoms with Crippen LogP contribution in [-0.2, 0) is 5.54 Å². The van der Waals surface area contributed by atoms with Crippen LogP contribution in [0.5, 0.6) is 11.5 Å². The van der Waals surface area contributed by atoms with Crippen molar-refractivity contribution in [3.63, 3.8) is 0 Å². The fourth-order valence-electron chi connectivity index (χ4n) is 6.05. The second kappa shape index (κ2) is 7.73. The van der Waals surface area contributed by atoms with Crippen molar-refractivity contribution in [1.29, 1.82) is 0 Å². The summed E-state index contributed by atoms with van der Waals surface area (Å²) in [6, 6.07) is 9.03. The van der Waals surface area contributed by atoms with Crippen molar-refractivity contribution >= 4 is 11.4 Å². The number of alkyl halides is 2. The van der Waals surface area contributed by atoms with Crippen molar-refractivity contribution < 1.29 is 27.2 Å². The Balaban J connectivity index is 1.45. The third-order valence-electron chi connectivity index (χ3n) is 7.77. The maximum atomic E-state index is 13.6. The van der Waals surface area contributed by atoms with E-state index in [-0.39, 0.29) is 23.3 Å². The number of nitrogens with two attached hydrogens (primary N) is 1. The molecule has 0 unspecified atom stereocenters. The summed E-state index contributed by atoms with van der Waals surface area (Å²) in [4.78, 5) is 19.2. The Hall–Kier alpha value is -4.05. The molecule has 194 valence electrons. The third kappa shape index (κ3) is 3.13. The van der Waals surface area contributed by atoms with Gasteiger partial charge in [0.1, 0.15) is 23.8 Å². The highest BCUT2D eigenvalue weighted by molar-refractivity contribution is 5.98. The first-order valence-electron chi connectivity index (χ1n) is 13.7. The molecule has 3 aliphatic rings. The highest BCUT2D eigenvalue weighted by Crippen LogP contribution is 2.53. The van der Waals surface area contributed by atoms with E-state index in [1.165, 1.54) is 18.2 Å². The topological polar surface area (TPSA) is 95.0 Å². The van der Waals surface area contributed by atoms with Gasteiger partial charge in [-0.25, -0.2) is 4.52 Å². The summed E-state index contributed by atoms with van der Waals surface area (Å²) in [7, 11) is 0. The number of benzene rings is 1. The minimum Gasteiger partial charge on any atom is -0.489 e. The minimum atomic E-state index is -3.13. The summed E-state index contributed by atoms with van der Waals surface area (Å²) in [5.41, 5.74) is 10.7. The van der Waals surface area contributed by atoms with Gasteiger partial charge in [0, 0.05) is 51.2 Å². The highest BCUT2D eigenvalue weighted by atomic mass is 19.3. The largest absolute Gasteiger partial charge is 0.489 e. The molecule has 4 aromatic rings. The molecule has 0 saturated carbocycles. The van der Waals surface area contributed by atoms with Crippen molar-refractivity contribution in [1.82, 2.24) is 19.5 Å². The van der Waals surface area contributed by atoms with Gasteiger partial charge in [0.15, 0.2) is 0 Å². The summed E-state index contributed by atoms with van der Waals surface area (Å²) in [5.74, 6) is -0.936. The highest BCUT2D eigenvalue weighted by Gasteiger charge is 2.46. The molecule has 0 saturated heterocycles. The van der Waals surface area contributed by atoms with Gasteiger partial charge in [0.25, 0.3) is 5.91 Å². The number of halogens is 2. The predicted octanol–water partition coefficient (Wildman–Crippen LogP) is 4.53. The molecule has 3 aromatic heterocycles. The smallest absolute Gasteiger partial charge is 0.387 e. The van der Waals surface area contributed by atoms with Gasteiger partial charge in [-0.1, -0.05) is 6.07 Å². The van der Waals surface area contributed by atoms with Gasteiger partial charge in [-0.15, -0.1) is 0 Å². The average molecular weight is 521 g/mol. The van der Waals surface area contributed by atoms with Crippen LogP contribution in [0.4, 0.5) is 8.78 Å². The molecule has 0 fully saturated rings. The minimum absolute atomic E-state index is 0.0218. The second-order valence-corrected chi connectivity index (χ2v) is 10.3. The number of hydrogen-bond acceptors (Lipinski definition) is 6. The van der Waals surface area contributed by atoms with E-state index < -0.39 is 37.0 Å². The molecule has 2 N–H and O–H groups in total. The summed E-state index contributed by atoms with van der Waals surface area (Å²) < 4.78 is 63.7. The first-order chi connectivity index (χ1) is 19.3. The van der Waals surface area contributed by atoms with Crippen LogP contribution < -0.4 is 15.2 Å². The maximum Gasteiger partial charge on any atom is 0.387 e. The van der Waals surface area contributed by atoms with Crippen LogP contribution in [0.15, 0.2) is 42.6 Å². The number of ether oxygens (including phenoxy) is 2. The number of aryl methyl sites for hydroxylation is 1. The van der Waals surface area contributed by atoms with Crippen LogP contribution in [0.2, 0.25) is 0 Å². The lowest BCUT2D eigenvalue weighted by molar-refractivity contribution is -0.0505. The molecule has 3 atom stereocenters. The maximum absolute atomic E-state index is 13.6. The van der Waals surface area contributed by atoms with E-state index in [1.54, 1.807) is 10.7 Å². The van der Waals surface area contributed by atoms with Crippen LogP contribution in [0.1, 0.15) is 68.0 Å². The zero-order valence-electron chi connectivity index (χ0n) is 23.5. The number of rotatable bonds is 3. The van der Waals surface area contributed by atoms with Crippen LogP contribution in [-0.4, -0.2) is 45.6 Å². The first-order valence-corrected chi connectivity index (χ1v) is 12.2. The van der Waals surface area contributed by atoms with E-state index in [2.05, 4.69) is 0 Å². The second-order valence-electron chi connectivity index (χ2n) is 10.3. The molecule has 5 heterocycles. The van der Waals surface area contributed by atoms with Crippen molar-refractivity contribution in [2.75, 3.05) is 13.6 Å². The van der Waals surface area contributed by atoms with E-state index in [9.17, 15) is 13.6 Å². The molecule has 38 heavy (non-hydrogen) atoms. The van der Waals surface area contributed by atoms with Gasteiger partial charge in [-0.2, -0.15) is 13.9 Å². The number of pyridine rings is 2. The number of amides is 1. The van der Waals surface area contributed by atoms with Crippen LogP contribution in [0.3, 0.4) is 0 Å². The van der Waals surface area contributed by atoms with E-state index in [1.807, 2.05) is 32.0 Å². The fraction of sp³-hybridized carbons (Fsp3) is 0.321. The number of fused-ring (bicyclic) bond motifs is 10. The monoisotopic (exact) mass is 520 g/mol. The summed E-state index contributed by atoms with van der Waals surface area (Å²) in [6.45, 7) is -1.85. The van der Waals surface area contributed by atoms with Gasteiger partial charge >= 0.3 is 6.61 Å². The molecule has 2 bridgehead atoms. The molecule has 8 nitrogen and oxygen atoms in total. The lowest BCUT2D eigenvalue weighted by atomic mass is 9.88. The Morgan fingerprint density at radius 1 is 1.26 bits per heavy atom. The molecule has 1 amide bonds. The number of carbonyl (C=O) groups excluding carboxylic acids is 1. The Labute approximate surface area is 221 Å². The number of hydrogen-bond donors (Lipinski definition) is 1. The molecule has 0 radical (unpaired) electrons. The fourth-order valence-corrected chi connectivity index (χ4v) is 6.05. The van der Waals surface area contributed by atoms with Crippen molar-refractivity contribution in [3.05, 3.63) is 76.4 Å². The van der Waals surface area contributed by atoms with Crippen LogP contribution in [0.25, 0.3) is 16.6 Å².